The predicted octanol–water partition coefficient (Wildman–Crippen LogP) is 4.02. The molecule has 28 heavy (non-hydrogen) atoms. The summed E-state index contributed by atoms with van der Waals surface area (Å²) in [5.41, 5.74) is 0.656. The zero-order valence-electron chi connectivity index (χ0n) is 14.4. The number of nitro groups is 1. The number of carbonyl (C=O) groups excluding carboxylic acids is 1. The summed E-state index contributed by atoms with van der Waals surface area (Å²) in [5, 5.41) is 21.9. The number of amides is 1. The smallest absolute Gasteiger partial charge is 0.270 e. The van der Waals surface area contributed by atoms with Gasteiger partial charge in [-0.05, 0) is 34.1 Å². The first-order chi connectivity index (χ1) is 13.4. The van der Waals surface area contributed by atoms with Crippen molar-refractivity contribution in [1.82, 2.24) is 14.8 Å². The summed E-state index contributed by atoms with van der Waals surface area (Å²) in [5.74, 6) is -0.337. The fraction of sp³-hybridized carbons (Fsp3) is 0.118. The van der Waals surface area contributed by atoms with Crippen LogP contribution in [-0.2, 0) is 11.8 Å². The first-order valence-electron chi connectivity index (χ1n) is 7.87. The molecule has 8 nitrogen and oxygen atoms in total. The standard InChI is InChI=1S/C17H13BrFN5O3S/c1-23-16(11-4-2-3-5-13(11)19)21-22-17(23)28-9-15(25)20-14-7-6-10(24(26)27)8-12(14)18/h2-8H,9H2,1H3,(H,20,25). The van der Waals surface area contributed by atoms with Crippen LogP contribution in [0, 0.1) is 15.9 Å². The molecule has 144 valence electrons. The third-order valence-corrected chi connectivity index (χ3v) is 5.40. The minimum absolute atomic E-state index is 0.0344. The number of anilines is 1. The molecule has 11 heteroatoms. The summed E-state index contributed by atoms with van der Waals surface area (Å²) in [4.78, 5) is 22.4. The van der Waals surface area contributed by atoms with Crippen LogP contribution < -0.4 is 5.32 Å². The summed E-state index contributed by atoms with van der Waals surface area (Å²) < 4.78 is 16.0. The molecule has 0 fully saturated rings. The minimum Gasteiger partial charge on any atom is -0.324 e. The van der Waals surface area contributed by atoms with Crippen molar-refractivity contribution in [2.45, 2.75) is 5.16 Å². The Kier molecular flexibility index (Phi) is 6.05. The second-order valence-electron chi connectivity index (χ2n) is 5.60. The van der Waals surface area contributed by atoms with Crippen LogP contribution in [0.4, 0.5) is 15.8 Å². The molecule has 0 saturated heterocycles. The summed E-state index contributed by atoms with van der Waals surface area (Å²) in [6.45, 7) is 0. The van der Waals surface area contributed by atoms with E-state index in [2.05, 4.69) is 31.4 Å². The van der Waals surface area contributed by atoms with E-state index in [1.807, 2.05) is 0 Å². The molecule has 0 atom stereocenters. The molecule has 0 aliphatic carbocycles. The Morgan fingerprint density at radius 1 is 1.32 bits per heavy atom. The third-order valence-electron chi connectivity index (χ3n) is 3.72. The molecule has 0 spiro atoms. The van der Waals surface area contributed by atoms with Crippen molar-refractivity contribution in [1.29, 1.82) is 0 Å². The number of halogens is 2. The number of benzene rings is 2. The lowest BCUT2D eigenvalue weighted by molar-refractivity contribution is -0.384. The van der Waals surface area contributed by atoms with E-state index in [1.165, 1.54) is 24.3 Å². The predicted molar refractivity (Wildman–Crippen MR) is 107 cm³/mol. The van der Waals surface area contributed by atoms with Gasteiger partial charge in [0, 0.05) is 23.7 Å². The number of aromatic nitrogens is 3. The van der Waals surface area contributed by atoms with E-state index in [1.54, 1.807) is 29.8 Å². The van der Waals surface area contributed by atoms with E-state index in [4.69, 9.17) is 0 Å². The van der Waals surface area contributed by atoms with E-state index in [0.29, 0.717) is 26.7 Å². The summed E-state index contributed by atoms with van der Waals surface area (Å²) in [6, 6.07) is 10.3. The Morgan fingerprint density at radius 3 is 2.75 bits per heavy atom. The molecule has 0 aliphatic rings. The highest BCUT2D eigenvalue weighted by Gasteiger charge is 2.16. The molecule has 2 aromatic carbocycles. The van der Waals surface area contributed by atoms with Gasteiger partial charge in [-0.3, -0.25) is 14.9 Å². The maximum absolute atomic E-state index is 13.9. The highest BCUT2D eigenvalue weighted by molar-refractivity contribution is 9.10. The summed E-state index contributed by atoms with van der Waals surface area (Å²) in [6.07, 6.45) is 0. The Bertz CT molecular complexity index is 1060. The van der Waals surface area contributed by atoms with Crippen LogP contribution in [0.5, 0.6) is 0 Å². The quantitative estimate of drug-likeness (QED) is 0.335. The normalized spacial score (nSPS) is 10.7. The van der Waals surface area contributed by atoms with Gasteiger partial charge in [0.05, 0.1) is 21.9 Å². The van der Waals surface area contributed by atoms with E-state index in [0.717, 1.165) is 11.8 Å². The molecule has 3 aromatic rings. The molecular weight excluding hydrogens is 453 g/mol. The number of non-ortho nitro benzene ring substituents is 1. The number of hydrogen-bond donors (Lipinski definition) is 1. The molecule has 0 saturated carbocycles. The molecule has 0 bridgehead atoms. The van der Waals surface area contributed by atoms with E-state index >= 15 is 0 Å². The van der Waals surface area contributed by atoms with Crippen molar-refractivity contribution in [3.05, 3.63) is 62.9 Å². The van der Waals surface area contributed by atoms with Crippen molar-refractivity contribution in [3.63, 3.8) is 0 Å². The molecule has 1 heterocycles. The summed E-state index contributed by atoms with van der Waals surface area (Å²) >= 11 is 4.34. The SMILES string of the molecule is Cn1c(SCC(=O)Nc2ccc([N+](=O)[O-])cc2Br)nnc1-c1ccccc1F. The van der Waals surface area contributed by atoms with Crippen molar-refractivity contribution in [3.8, 4) is 11.4 Å². The van der Waals surface area contributed by atoms with Gasteiger partial charge in [0.25, 0.3) is 5.69 Å². The van der Waals surface area contributed by atoms with Gasteiger partial charge in [-0.25, -0.2) is 4.39 Å². The van der Waals surface area contributed by atoms with Crippen molar-refractivity contribution < 1.29 is 14.1 Å². The summed E-state index contributed by atoms with van der Waals surface area (Å²) in [7, 11) is 1.69. The first-order valence-corrected chi connectivity index (χ1v) is 9.65. The zero-order chi connectivity index (χ0) is 20.3. The zero-order valence-corrected chi connectivity index (χ0v) is 16.8. The first kappa shape index (κ1) is 20.0. The van der Waals surface area contributed by atoms with E-state index < -0.39 is 10.7 Å². The maximum Gasteiger partial charge on any atom is 0.270 e. The van der Waals surface area contributed by atoms with Crippen LogP contribution >= 0.6 is 27.7 Å². The van der Waals surface area contributed by atoms with E-state index in [-0.39, 0.29) is 17.3 Å². The van der Waals surface area contributed by atoms with Crippen LogP contribution in [0.3, 0.4) is 0 Å². The van der Waals surface area contributed by atoms with Crippen molar-refractivity contribution in [2.75, 3.05) is 11.1 Å². The number of thioether (sulfide) groups is 1. The minimum atomic E-state index is -0.520. The Hall–Kier alpha value is -2.79. The van der Waals surface area contributed by atoms with Gasteiger partial charge in [-0.1, -0.05) is 23.9 Å². The average molecular weight is 466 g/mol. The van der Waals surface area contributed by atoms with Crippen LogP contribution in [-0.4, -0.2) is 31.3 Å². The van der Waals surface area contributed by atoms with Crippen LogP contribution in [0.1, 0.15) is 0 Å². The number of nitrogens with zero attached hydrogens (tertiary/aromatic N) is 4. The average Bonchev–Trinajstić information content (AvgIpc) is 3.02. The van der Waals surface area contributed by atoms with Gasteiger partial charge in [-0.2, -0.15) is 0 Å². The third kappa shape index (κ3) is 4.37. The lowest BCUT2D eigenvalue weighted by atomic mass is 10.2. The van der Waals surface area contributed by atoms with Crippen LogP contribution in [0.2, 0.25) is 0 Å². The van der Waals surface area contributed by atoms with Gasteiger partial charge >= 0.3 is 0 Å². The number of nitro benzene ring substituents is 1. The monoisotopic (exact) mass is 465 g/mol. The van der Waals surface area contributed by atoms with Gasteiger partial charge in [0.15, 0.2) is 11.0 Å². The topological polar surface area (TPSA) is 103 Å². The second kappa shape index (κ2) is 8.48. The van der Waals surface area contributed by atoms with Crippen LogP contribution in [0.25, 0.3) is 11.4 Å². The molecule has 0 radical (unpaired) electrons. The second-order valence-corrected chi connectivity index (χ2v) is 7.40. The number of hydrogen-bond acceptors (Lipinski definition) is 6. The Morgan fingerprint density at radius 2 is 2.07 bits per heavy atom. The van der Waals surface area contributed by atoms with E-state index in [9.17, 15) is 19.3 Å². The lowest BCUT2D eigenvalue weighted by Crippen LogP contribution is -2.15. The highest BCUT2D eigenvalue weighted by atomic mass is 79.9. The maximum atomic E-state index is 13.9. The lowest BCUT2D eigenvalue weighted by Gasteiger charge is -2.07. The number of nitrogens with one attached hydrogen (secondary N) is 1. The Labute approximate surface area is 171 Å². The molecule has 1 aromatic heterocycles. The molecular formula is C17H13BrFN5O3S. The van der Waals surface area contributed by atoms with Crippen molar-refractivity contribution in [2.24, 2.45) is 7.05 Å². The molecule has 1 N–H and O–H groups in total. The van der Waals surface area contributed by atoms with Gasteiger partial charge in [0.1, 0.15) is 5.82 Å². The van der Waals surface area contributed by atoms with Gasteiger partial charge in [0.2, 0.25) is 5.91 Å². The van der Waals surface area contributed by atoms with Gasteiger partial charge < -0.3 is 9.88 Å². The molecule has 0 unspecified atom stereocenters. The fourth-order valence-corrected chi connectivity index (χ4v) is 3.53. The highest BCUT2D eigenvalue weighted by Crippen LogP contribution is 2.28. The molecule has 0 aliphatic heterocycles. The Balaban J connectivity index is 1.66. The van der Waals surface area contributed by atoms with Crippen LogP contribution in [0.15, 0.2) is 52.1 Å². The number of rotatable bonds is 6. The number of carbonyl (C=O) groups is 1. The largest absolute Gasteiger partial charge is 0.324 e. The van der Waals surface area contributed by atoms with Gasteiger partial charge in [-0.15, -0.1) is 10.2 Å². The molecule has 3 rings (SSSR count). The van der Waals surface area contributed by atoms with Crippen molar-refractivity contribution >= 4 is 45.0 Å². The molecule has 1 amide bonds. The fourth-order valence-electron chi connectivity index (χ4n) is 2.35.